The summed E-state index contributed by atoms with van der Waals surface area (Å²) in [5.74, 6) is -1.70. The number of sulfone groups is 1. The molecule has 4 N–H and O–H groups in total. The molecular weight excluding hydrogens is 338 g/mol. The molecule has 0 spiro atoms. The van der Waals surface area contributed by atoms with E-state index in [1.807, 2.05) is 0 Å². The highest BCUT2D eigenvalue weighted by Gasteiger charge is 2.27. The predicted molar refractivity (Wildman–Crippen MR) is 85.7 cm³/mol. The number of aliphatic imine (C=N–C) groups is 1. The van der Waals surface area contributed by atoms with Gasteiger partial charge in [-0.25, -0.2) is 8.42 Å². The van der Waals surface area contributed by atoms with Crippen LogP contribution in [0.4, 0.5) is 5.69 Å². The van der Waals surface area contributed by atoms with E-state index in [4.69, 9.17) is 11.5 Å². The number of carbonyl (C=O) groups excluding carboxylic acids is 1. The van der Waals surface area contributed by atoms with E-state index < -0.39 is 37.9 Å². The van der Waals surface area contributed by atoms with Crippen LogP contribution in [0.25, 0.3) is 5.69 Å². The van der Waals surface area contributed by atoms with Crippen molar-refractivity contribution in [3.8, 4) is 5.69 Å². The van der Waals surface area contributed by atoms with Crippen LogP contribution >= 0.6 is 0 Å². The number of amides is 1. The molecule has 0 saturated heterocycles. The molecule has 0 bridgehead atoms. The lowest BCUT2D eigenvalue weighted by Crippen LogP contribution is -2.24. The van der Waals surface area contributed by atoms with Crippen molar-refractivity contribution in [3.63, 3.8) is 0 Å². The molecule has 1 aromatic carbocycles. The van der Waals surface area contributed by atoms with Crippen LogP contribution in [0, 0.1) is 10.1 Å². The molecule has 2 aromatic rings. The molecule has 11 heteroatoms. The molecule has 0 aliphatic carbocycles. The average Bonchev–Trinajstić information content (AvgIpc) is 2.98. The smallest absolute Gasteiger partial charge is 0.287 e. The Bertz CT molecular complexity index is 943. The molecule has 0 radical (unpaired) electrons. The van der Waals surface area contributed by atoms with Crippen molar-refractivity contribution in [3.05, 3.63) is 52.3 Å². The summed E-state index contributed by atoms with van der Waals surface area (Å²) in [6.07, 6.45) is 3.96. The molecule has 0 aliphatic rings. The Morgan fingerprint density at radius 3 is 2.29 bits per heavy atom. The fourth-order valence-electron chi connectivity index (χ4n) is 2.05. The Balaban J connectivity index is 2.85. The molecule has 0 fully saturated rings. The van der Waals surface area contributed by atoms with Crippen LogP contribution in [0.15, 0.2) is 46.5 Å². The van der Waals surface area contributed by atoms with Gasteiger partial charge in [0.05, 0.1) is 15.5 Å². The molecule has 0 atom stereocenters. The second-order valence-corrected chi connectivity index (χ2v) is 6.78. The molecule has 2 rings (SSSR count). The quantitative estimate of drug-likeness (QED) is 0.344. The first-order valence-corrected chi connectivity index (χ1v) is 8.30. The maximum absolute atomic E-state index is 12.0. The van der Waals surface area contributed by atoms with Gasteiger partial charge in [0.1, 0.15) is 5.56 Å². The number of rotatable bonds is 4. The second-order valence-electron chi connectivity index (χ2n) is 4.80. The number of nitrogens with two attached hydrogens (primary N) is 2. The maximum atomic E-state index is 12.0. The van der Waals surface area contributed by atoms with E-state index in [1.54, 1.807) is 12.1 Å². The SMILES string of the molecule is CS(=O)(=O)c1cc(C(=O)N=C(N)N)c([N+](=O)[O-])cc1-n1cccc1. The van der Waals surface area contributed by atoms with Gasteiger partial charge in [-0.05, 0) is 18.2 Å². The number of benzene rings is 1. The molecule has 0 aliphatic heterocycles. The van der Waals surface area contributed by atoms with Gasteiger partial charge in [0.25, 0.3) is 11.6 Å². The number of nitro benzene ring substituents is 1. The predicted octanol–water partition coefficient (Wildman–Crippen LogP) is 0.203. The van der Waals surface area contributed by atoms with E-state index in [9.17, 15) is 23.3 Å². The van der Waals surface area contributed by atoms with E-state index in [2.05, 4.69) is 4.99 Å². The van der Waals surface area contributed by atoms with Crippen molar-refractivity contribution >= 4 is 27.4 Å². The number of aromatic nitrogens is 1. The van der Waals surface area contributed by atoms with Gasteiger partial charge in [0, 0.05) is 24.7 Å². The molecule has 10 nitrogen and oxygen atoms in total. The van der Waals surface area contributed by atoms with E-state index in [-0.39, 0.29) is 10.6 Å². The summed E-state index contributed by atoms with van der Waals surface area (Å²) in [5.41, 5.74) is 9.11. The Labute approximate surface area is 136 Å². The van der Waals surface area contributed by atoms with Crippen LogP contribution in [0.2, 0.25) is 0 Å². The first-order chi connectivity index (χ1) is 11.1. The molecule has 1 amide bonds. The molecule has 126 valence electrons. The van der Waals surface area contributed by atoms with Crippen LogP contribution in [0.5, 0.6) is 0 Å². The molecule has 1 heterocycles. The maximum Gasteiger partial charge on any atom is 0.287 e. The van der Waals surface area contributed by atoms with Gasteiger partial charge in [0.2, 0.25) is 0 Å². The van der Waals surface area contributed by atoms with Gasteiger partial charge in [-0.15, -0.1) is 0 Å². The zero-order chi connectivity index (χ0) is 18.1. The van der Waals surface area contributed by atoms with Crippen LogP contribution in [0.3, 0.4) is 0 Å². The molecule has 0 unspecified atom stereocenters. The third-order valence-electron chi connectivity index (χ3n) is 3.02. The van der Waals surface area contributed by atoms with Gasteiger partial charge in [-0.3, -0.25) is 14.9 Å². The normalized spacial score (nSPS) is 11.0. The fraction of sp³-hybridized carbons (Fsp3) is 0.0769. The van der Waals surface area contributed by atoms with Gasteiger partial charge >= 0.3 is 0 Å². The Morgan fingerprint density at radius 2 is 1.83 bits per heavy atom. The summed E-state index contributed by atoms with van der Waals surface area (Å²) in [7, 11) is -3.79. The van der Waals surface area contributed by atoms with Crippen molar-refractivity contribution in [2.45, 2.75) is 4.90 Å². The van der Waals surface area contributed by atoms with E-state index >= 15 is 0 Å². The number of carbonyl (C=O) groups is 1. The van der Waals surface area contributed by atoms with Crippen molar-refractivity contribution in [2.75, 3.05) is 6.26 Å². The lowest BCUT2D eigenvalue weighted by molar-refractivity contribution is -0.385. The van der Waals surface area contributed by atoms with Crippen LogP contribution < -0.4 is 11.5 Å². The number of nitro groups is 1. The Morgan fingerprint density at radius 1 is 1.25 bits per heavy atom. The van der Waals surface area contributed by atoms with Crippen LogP contribution in [-0.2, 0) is 9.84 Å². The summed E-state index contributed by atoms with van der Waals surface area (Å²) in [6.45, 7) is 0. The lowest BCUT2D eigenvalue weighted by Gasteiger charge is -2.11. The highest BCUT2D eigenvalue weighted by atomic mass is 32.2. The van der Waals surface area contributed by atoms with Crippen molar-refractivity contribution in [1.82, 2.24) is 4.57 Å². The molecule has 1 aromatic heterocycles. The van der Waals surface area contributed by atoms with E-state index in [0.29, 0.717) is 0 Å². The monoisotopic (exact) mass is 351 g/mol. The third-order valence-corrected chi connectivity index (χ3v) is 4.14. The summed E-state index contributed by atoms with van der Waals surface area (Å²) >= 11 is 0. The Hall–Kier alpha value is -3.21. The zero-order valence-corrected chi connectivity index (χ0v) is 13.2. The minimum absolute atomic E-state index is 0.0375. The molecule has 0 saturated carbocycles. The third kappa shape index (κ3) is 3.41. The lowest BCUT2D eigenvalue weighted by atomic mass is 10.1. The first kappa shape index (κ1) is 17.1. The highest BCUT2D eigenvalue weighted by Crippen LogP contribution is 2.30. The molecular formula is C13H13N5O5S. The van der Waals surface area contributed by atoms with Crippen LogP contribution in [0.1, 0.15) is 10.4 Å². The Kier molecular flexibility index (Phi) is 4.37. The summed E-state index contributed by atoms with van der Waals surface area (Å²) in [4.78, 5) is 25.4. The average molecular weight is 351 g/mol. The van der Waals surface area contributed by atoms with E-state index in [1.165, 1.54) is 17.0 Å². The summed E-state index contributed by atoms with van der Waals surface area (Å²) in [6, 6.07) is 5.14. The largest absolute Gasteiger partial charge is 0.370 e. The first-order valence-electron chi connectivity index (χ1n) is 6.41. The van der Waals surface area contributed by atoms with Gasteiger partial charge in [-0.2, -0.15) is 4.99 Å². The topological polar surface area (TPSA) is 164 Å². The minimum Gasteiger partial charge on any atom is -0.370 e. The second kappa shape index (κ2) is 6.12. The van der Waals surface area contributed by atoms with Crippen molar-refractivity contribution in [2.24, 2.45) is 16.5 Å². The van der Waals surface area contributed by atoms with Gasteiger partial charge in [0.15, 0.2) is 15.8 Å². The van der Waals surface area contributed by atoms with Gasteiger partial charge < -0.3 is 16.0 Å². The number of guanidine groups is 1. The molecule has 24 heavy (non-hydrogen) atoms. The number of nitrogens with zero attached hydrogens (tertiary/aromatic N) is 3. The van der Waals surface area contributed by atoms with Gasteiger partial charge in [-0.1, -0.05) is 0 Å². The number of hydrogen-bond acceptors (Lipinski definition) is 5. The fourth-order valence-corrected chi connectivity index (χ4v) is 2.93. The highest BCUT2D eigenvalue weighted by molar-refractivity contribution is 7.90. The number of hydrogen-bond donors (Lipinski definition) is 2. The summed E-state index contributed by atoms with van der Waals surface area (Å²) < 4.78 is 25.5. The van der Waals surface area contributed by atoms with Crippen molar-refractivity contribution in [1.29, 1.82) is 0 Å². The van der Waals surface area contributed by atoms with Crippen molar-refractivity contribution < 1.29 is 18.1 Å². The van der Waals surface area contributed by atoms with E-state index in [0.717, 1.165) is 18.4 Å². The standard InChI is InChI=1S/C13H13N5O5S/c1-24(22,23)11-6-8(12(19)16-13(14)15)9(18(20)21)7-10(11)17-4-2-3-5-17/h2-7H,1H3,(H4,14,15,16,19). The zero-order valence-electron chi connectivity index (χ0n) is 12.4. The van der Waals surface area contributed by atoms with Crippen LogP contribution in [-0.4, -0.2) is 36.0 Å². The minimum atomic E-state index is -3.79. The summed E-state index contributed by atoms with van der Waals surface area (Å²) in [5, 5.41) is 11.3.